The van der Waals surface area contributed by atoms with E-state index in [4.69, 9.17) is 4.74 Å². The van der Waals surface area contributed by atoms with E-state index in [0.717, 1.165) is 0 Å². The van der Waals surface area contributed by atoms with Gasteiger partial charge in [-0.15, -0.1) is 0 Å². The average molecular weight is 421 g/mol. The number of H-pyrrole nitrogens is 1. The second kappa shape index (κ2) is 8.34. The first-order valence-corrected chi connectivity index (χ1v) is 9.67. The molecule has 2 fully saturated rings. The highest BCUT2D eigenvalue weighted by Gasteiger charge is 2.31. The highest BCUT2D eigenvalue weighted by molar-refractivity contribution is 6.35. The van der Waals surface area contributed by atoms with Crippen LogP contribution in [0.4, 0.5) is 8.78 Å². The Hall–Kier alpha value is -3.08. The molecule has 1 N–H and O–H groups in total. The number of nitrogens with one attached hydrogen (secondary N) is 1. The lowest BCUT2D eigenvalue weighted by Gasteiger charge is -2.35. The van der Waals surface area contributed by atoms with Crippen molar-refractivity contribution in [2.45, 2.75) is 6.43 Å². The van der Waals surface area contributed by atoms with Crippen molar-refractivity contribution in [1.82, 2.24) is 24.7 Å². The monoisotopic (exact) mass is 421 g/mol. The summed E-state index contributed by atoms with van der Waals surface area (Å²) in [4.78, 5) is 48.4. The second-order valence-electron chi connectivity index (χ2n) is 7.14. The molecule has 0 unspecified atom stereocenters. The van der Waals surface area contributed by atoms with Gasteiger partial charge in [-0.1, -0.05) is 0 Å². The molecule has 2 aliphatic heterocycles. The maximum Gasteiger partial charge on any atom is 0.312 e. The Balaban J connectivity index is 1.37. The maximum atomic E-state index is 12.8. The summed E-state index contributed by atoms with van der Waals surface area (Å²) in [5, 5.41) is 0. The fourth-order valence-electron chi connectivity index (χ4n) is 3.60. The van der Waals surface area contributed by atoms with Crippen LogP contribution in [0.15, 0.2) is 18.2 Å². The van der Waals surface area contributed by atoms with E-state index in [1.165, 1.54) is 21.9 Å². The number of carbonyl (C=O) groups excluding carboxylic acids is 3. The quantitative estimate of drug-likeness (QED) is 0.718. The van der Waals surface area contributed by atoms with Gasteiger partial charge in [-0.05, 0) is 18.2 Å². The molecule has 2 aliphatic rings. The number of amides is 3. The fraction of sp³-hybridized carbons (Fsp3) is 0.474. The van der Waals surface area contributed by atoms with E-state index in [-0.39, 0.29) is 32.1 Å². The Morgan fingerprint density at radius 1 is 0.933 bits per heavy atom. The van der Waals surface area contributed by atoms with Crippen LogP contribution in [0.3, 0.4) is 0 Å². The number of morpholine rings is 1. The molecule has 4 rings (SSSR count). The zero-order valence-corrected chi connectivity index (χ0v) is 16.1. The number of rotatable bonds is 2. The number of fused-ring (bicyclic) bond motifs is 1. The van der Waals surface area contributed by atoms with Crippen molar-refractivity contribution in [2.75, 3.05) is 52.5 Å². The summed E-state index contributed by atoms with van der Waals surface area (Å²) in [5.41, 5.74) is 1.07. The summed E-state index contributed by atoms with van der Waals surface area (Å²) in [7, 11) is 0. The Labute approximate surface area is 170 Å². The predicted molar refractivity (Wildman–Crippen MR) is 101 cm³/mol. The topological polar surface area (TPSA) is 98.8 Å². The van der Waals surface area contributed by atoms with E-state index in [9.17, 15) is 23.2 Å². The summed E-state index contributed by atoms with van der Waals surface area (Å²) in [5.74, 6) is -1.82. The Morgan fingerprint density at radius 3 is 2.17 bits per heavy atom. The maximum absolute atomic E-state index is 12.8. The summed E-state index contributed by atoms with van der Waals surface area (Å²) in [6.07, 6.45) is -2.72. The van der Waals surface area contributed by atoms with Crippen LogP contribution in [0.2, 0.25) is 0 Å². The second-order valence-corrected chi connectivity index (χ2v) is 7.14. The van der Waals surface area contributed by atoms with Crippen molar-refractivity contribution in [1.29, 1.82) is 0 Å². The van der Waals surface area contributed by atoms with Crippen LogP contribution >= 0.6 is 0 Å². The molecular weight excluding hydrogens is 400 g/mol. The van der Waals surface area contributed by atoms with Crippen LogP contribution in [-0.4, -0.2) is 94.9 Å². The first-order valence-electron chi connectivity index (χ1n) is 9.67. The van der Waals surface area contributed by atoms with E-state index in [1.54, 1.807) is 11.0 Å². The minimum absolute atomic E-state index is 0.252. The number of halogens is 2. The Bertz CT molecular complexity index is 965. The lowest BCUT2D eigenvalue weighted by molar-refractivity contribution is -0.154. The van der Waals surface area contributed by atoms with Crippen molar-refractivity contribution >= 4 is 28.8 Å². The number of aromatic nitrogens is 2. The van der Waals surface area contributed by atoms with E-state index in [2.05, 4.69) is 9.97 Å². The summed E-state index contributed by atoms with van der Waals surface area (Å²) < 4.78 is 30.8. The Kier molecular flexibility index (Phi) is 5.62. The molecule has 0 radical (unpaired) electrons. The molecule has 2 aromatic rings. The predicted octanol–water partition coefficient (Wildman–Crippen LogP) is 0.644. The number of imidazole rings is 1. The number of nitrogens with zero attached hydrogens (tertiary/aromatic N) is 4. The van der Waals surface area contributed by atoms with Gasteiger partial charge >= 0.3 is 11.8 Å². The number of benzene rings is 1. The van der Waals surface area contributed by atoms with Gasteiger partial charge in [0.2, 0.25) is 0 Å². The van der Waals surface area contributed by atoms with Crippen LogP contribution in [0, 0.1) is 0 Å². The number of hydrogen-bond acceptors (Lipinski definition) is 5. The zero-order valence-electron chi connectivity index (χ0n) is 16.1. The van der Waals surface area contributed by atoms with Gasteiger partial charge in [0, 0.05) is 44.8 Å². The third-order valence-corrected chi connectivity index (χ3v) is 5.29. The van der Waals surface area contributed by atoms with Crippen LogP contribution < -0.4 is 0 Å². The molecule has 0 saturated carbocycles. The van der Waals surface area contributed by atoms with Gasteiger partial charge in [0.15, 0.2) is 5.82 Å². The molecule has 2 saturated heterocycles. The van der Waals surface area contributed by atoms with E-state index in [1.807, 2.05) is 0 Å². The third-order valence-electron chi connectivity index (χ3n) is 5.29. The smallest absolute Gasteiger partial charge is 0.312 e. The molecule has 1 aromatic carbocycles. The molecule has 0 aliphatic carbocycles. The van der Waals surface area contributed by atoms with E-state index in [0.29, 0.717) is 42.9 Å². The van der Waals surface area contributed by atoms with Crippen molar-refractivity contribution in [2.24, 2.45) is 0 Å². The average Bonchev–Trinajstić information content (AvgIpc) is 3.22. The molecular formula is C19H21F2N5O4. The van der Waals surface area contributed by atoms with Crippen molar-refractivity contribution in [3.63, 3.8) is 0 Å². The SMILES string of the molecule is O=C(C(=O)N1CCN(C(=O)c2ccc3nc(C(F)F)[nH]c3c2)CC1)N1CCOCC1. The van der Waals surface area contributed by atoms with Gasteiger partial charge in [0.05, 0.1) is 24.2 Å². The summed E-state index contributed by atoms with van der Waals surface area (Å²) in [6.45, 7) is 2.69. The molecule has 0 atom stereocenters. The van der Waals surface area contributed by atoms with Gasteiger partial charge in [0.1, 0.15) is 0 Å². The molecule has 0 spiro atoms. The number of aromatic amines is 1. The number of piperazine rings is 1. The first kappa shape index (κ1) is 20.2. The lowest BCUT2D eigenvalue weighted by Crippen LogP contribution is -2.55. The van der Waals surface area contributed by atoms with Crippen LogP contribution in [0.1, 0.15) is 22.6 Å². The van der Waals surface area contributed by atoms with Crippen LogP contribution in [0.25, 0.3) is 11.0 Å². The molecule has 1 aromatic heterocycles. The van der Waals surface area contributed by atoms with Crippen molar-refractivity contribution in [3.05, 3.63) is 29.6 Å². The highest BCUT2D eigenvalue weighted by Crippen LogP contribution is 2.21. The third kappa shape index (κ3) is 3.97. The van der Waals surface area contributed by atoms with Gasteiger partial charge in [0.25, 0.3) is 12.3 Å². The lowest BCUT2D eigenvalue weighted by atomic mass is 10.1. The first-order chi connectivity index (χ1) is 14.4. The molecule has 160 valence electrons. The highest BCUT2D eigenvalue weighted by atomic mass is 19.3. The van der Waals surface area contributed by atoms with Gasteiger partial charge in [-0.3, -0.25) is 14.4 Å². The molecule has 11 heteroatoms. The van der Waals surface area contributed by atoms with Crippen molar-refractivity contribution < 1.29 is 27.9 Å². The van der Waals surface area contributed by atoms with E-state index >= 15 is 0 Å². The molecule has 3 amide bonds. The standard InChI is InChI=1S/C19H21F2N5O4/c20-15(21)16-22-13-2-1-12(11-14(13)23-16)17(27)24-3-5-25(6-4-24)18(28)19(29)26-7-9-30-10-8-26/h1-2,11,15H,3-10H2,(H,22,23). The minimum Gasteiger partial charge on any atom is -0.378 e. The van der Waals surface area contributed by atoms with Crippen LogP contribution in [0.5, 0.6) is 0 Å². The molecule has 3 heterocycles. The number of hydrogen-bond donors (Lipinski definition) is 1. The van der Waals surface area contributed by atoms with Gasteiger partial charge in [-0.25, -0.2) is 13.8 Å². The summed E-state index contributed by atoms with van der Waals surface area (Å²) >= 11 is 0. The van der Waals surface area contributed by atoms with E-state index < -0.39 is 24.1 Å². The number of alkyl halides is 2. The van der Waals surface area contributed by atoms with Gasteiger partial charge in [-0.2, -0.15) is 0 Å². The van der Waals surface area contributed by atoms with Crippen molar-refractivity contribution in [3.8, 4) is 0 Å². The summed E-state index contributed by atoms with van der Waals surface area (Å²) in [6, 6.07) is 4.56. The normalized spacial score (nSPS) is 17.6. The number of ether oxygens (including phenoxy) is 1. The van der Waals surface area contributed by atoms with Gasteiger partial charge < -0.3 is 24.4 Å². The number of carbonyl (C=O) groups is 3. The molecule has 0 bridgehead atoms. The fourth-order valence-corrected chi connectivity index (χ4v) is 3.60. The molecule has 9 nitrogen and oxygen atoms in total. The zero-order chi connectivity index (χ0) is 21.3. The molecule has 30 heavy (non-hydrogen) atoms. The Morgan fingerprint density at radius 2 is 1.53 bits per heavy atom. The largest absolute Gasteiger partial charge is 0.378 e. The minimum atomic E-state index is -2.72. The van der Waals surface area contributed by atoms with Crippen LogP contribution in [-0.2, 0) is 14.3 Å².